The number of aldehydes is 1. The van der Waals surface area contributed by atoms with Crippen LogP contribution in [0.2, 0.25) is 0 Å². The van der Waals surface area contributed by atoms with Crippen molar-refractivity contribution >= 4 is 12.3 Å². The molecular formula is C9H11NO3. The van der Waals surface area contributed by atoms with Crippen LogP contribution in [0, 0.1) is 6.92 Å². The lowest BCUT2D eigenvalue weighted by Gasteiger charge is -2.01. The average molecular weight is 181 g/mol. The molecule has 4 nitrogen and oxygen atoms in total. The summed E-state index contributed by atoms with van der Waals surface area (Å²) in [5, 5.41) is 0. The van der Waals surface area contributed by atoms with Crippen molar-refractivity contribution in [3.05, 3.63) is 23.0 Å². The number of ether oxygens (including phenoxy) is 1. The molecule has 0 aliphatic rings. The fourth-order valence-electron chi connectivity index (χ4n) is 1.14. The van der Waals surface area contributed by atoms with Gasteiger partial charge in [0.25, 0.3) is 0 Å². The monoisotopic (exact) mass is 181 g/mol. The Balaban J connectivity index is 3.24. The summed E-state index contributed by atoms with van der Waals surface area (Å²) in [4.78, 5) is 21.7. The standard InChI is InChI=1S/C9H11NO3/c1-6-7(5-11)4-8(10(6)2)9(12)13-3/h4-5H,1-3H3. The van der Waals surface area contributed by atoms with E-state index in [2.05, 4.69) is 4.74 Å². The summed E-state index contributed by atoms with van der Waals surface area (Å²) >= 11 is 0. The smallest absolute Gasteiger partial charge is 0.354 e. The summed E-state index contributed by atoms with van der Waals surface area (Å²) in [7, 11) is 3.03. The second-order valence-electron chi connectivity index (χ2n) is 2.74. The summed E-state index contributed by atoms with van der Waals surface area (Å²) in [6.45, 7) is 1.77. The Kier molecular flexibility index (Phi) is 2.51. The Morgan fingerprint density at radius 1 is 1.62 bits per heavy atom. The van der Waals surface area contributed by atoms with E-state index in [1.807, 2.05) is 0 Å². The van der Waals surface area contributed by atoms with Crippen molar-refractivity contribution < 1.29 is 14.3 Å². The van der Waals surface area contributed by atoms with Crippen molar-refractivity contribution in [3.63, 3.8) is 0 Å². The second kappa shape index (κ2) is 3.43. The number of carbonyl (C=O) groups is 2. The summed E-state index contributed by atoms with van der Waals surface area (Å²) in [6, 6.07) is 1.52. The molecule has 1 heterocycles. The first-order valence-corrected chi connectivity index (χ1v) is 3.81. The van der Waals surface area contributed by atoms with Crippen LogP contribution >= 0.6 is 0 Å². The Morgan fingerprint density at radius 3 is 2.62 bits per heavy atom. The number of esters is 1. The maximum absolute atomic E-state index is 11.2. The molecule has 0 radical (unpaired) electrons. The van der Waals surface area contributed by atoms with E-state index in [9.17, 15) is 9.59 Å². The van der Waals surface area contributed by atoms with Crippen molar-refractivity contribution in [2.75, 3.05) is 7.11 Å². The molecule has 0 bridgehead atoms. The minimum absolute atomic E-state index is 0.391. The van der Waals surface area contributed by atoms with Gasteiger partial charge in [-0.25, -0.2) is 4.79 Å². The topological polar surface area (TPSA) is 48.3 Å². The van der Waals surface area contributed by atoms with Crippen molar-refractivity contribution in [3.8, 4) is 0 Å². The lowest BCUT2D eigenvalue weighted by Crippen LogP contribution is -2.07. The van der Waals surface area contributed by atoms with Gasteiger partial charge >= 0.3 is 5.97 Å². The first kappa shape index (κ1) is 9.51. The molecule has 0 aromatic carbocycles. The molecule has 0 spiro atoms. The molecule has 0 aliphatic heterocycles. The van der Waals surface area contributed by atoms with Gasteiger partial charge in [-0.2, -0.15) is 0 Å². The normalized spacial score (nSPS) is 9.77. The van der Waals surface area contributed by atoms with Crippen LogP contribution in [0.1, 0.15) is 26.5 Å². The van der Waals surface area contributed by atoms with E-state index in [1.165, 1.54) is 13.2 Å². The predicted octanol–water partition coefficient (Wildman–Crippen LogP) is 0.933. The van der Waals surface area contributed by atoms with E-state index in [4.69, 9.17) is 0 Å². The zero-order valence-corrected chi connectivity index (χ0v) is 7.83. The highest BCUT2D eigenvalue weighted by molar-refractivity contribution is 5.91. The largest absolute Gasteiger partial charge is 0.464 e. The summed E-state index contributed by atoms with van der Waals surface area (Å²) in [5.74, 6) is -0.432. The molecule has 0 N–H and O–H groups in total. The first-order chi connectivity index (χ1) is 6.11. The molecule has 13 heavy (non-hydrogen) atoms. The van der Waals surface area contributed by atoms with Crippen LogP contribution in [0.15, 0.2) is 6.07 Å². The van der Waals surface area contributed by atoms with Gasteiger partial charge in [0.15, 0.2) is 6.29 Å². The van der Waals surface area contributed by atoms with Crippen molar-refractivity contribution in [1.29, 1.82) is 0 Å². The van der Waals surface area contributed by atoms with E-state index in [0.717, 1.165) is 12.0 Å². The van der Waals surface area contributed by atoms with Gasteiger partial charge in [-0.3, -0.25) is 4.79 Å². The molecule has 0 saturated heterocycles. The molecule has 0 unspecified atom stereocenters. The van der Waals surface area contributed by atoms with Gasteiger partial charge in [0, 0.05) is 18.3 Å². The molecule has 0 amide bonds. The second-order valence-corrected chi connectivity index (χ2v) is 2.74. The minimum atomic E-state index is -0.432. The third-order valence-electron chi connectivity index (χ3n) is 2.10. The van der Waals surface area contributed by atoms with Gasteiger partial charge in [-0.05, 0) is 13.0 Å². The van der Waals surface area contributed by atoms with Crippen LogP contribution in [-0.2, 0) is 11.8 Å². The highest BCUT2D eigenvalue weighted by atomic mass is 16.5. The molecule has 4 heteroatoms. The van der Waals surface area contributed by atoms with E-state index >= 15 is 0 Å². The molecular weight excluding hydrogens is 170 g/mol. The SMILES string of the molecule is COC(=O)c1cc(C=O)c(C)n1C. The van der Waals surface area contributed by atoms with Crippen LogP contribution in [0.3, 0.4) is 0 Å². The molecule has 0 fully saturated rings. The number of hydrogen-bond acceptors (Lipinski definition) is 3. The molecule has 0 aliphatic carbocycles. The third-order valence-corrected chi connectivity index (χ3v) is 2.10. The van der Waals surface area contributed by atoms with Crippen LogP contribution in [0.25, 0.3) is 0 Å². The van der Waals surface area contributed by atoms with E-state index in [0.29, 0.717) is 11.3 Å². The summed E-state index contributed by atoms with van der Waals surface area (Å²) in [6.07, 6.45) is 0.724. The predicted molar refractivity (Wildman–Crippen MR) is 46.9 cm³/mol. The van der Waals surface area contributed by atoms with E-state index < -0.39 is 5.97 Å². The van der Waals surface area contributed by atoms with Gasteiger partial charge in [-0.15, -0.1) is 0 Å². The zero-order valence-electron chi connectivity index (χ0n) is 7.83. The quantitative estimate of drug-likeness (QED) is 0.503. The van der Waals surface area contributed by atoms with Crippen LogP contribution in [0.4, 0.5) is 0 Å². The Bertz CT molecular complexity index is 352. The Hall–Kier alpha value is -1.58. The highest BCUT2D eigenvalue weighted by Crippen LogP contribution is 2.12. The maximum Gasteiger partial charge on any atom is 0.354 e. The molecule has 1 aromatic heterocycles. The van der Waals surface area contributed by atoms with Crippen molar-refractivity contribution in [2.24, 2.45) is 7.05 Å². The number of hydrogen-bond donors (Lipinski definition) is 0. The number of methoxy groups -OCH3 is 1. The van der Waals surface area contributed by atoms with Crippen LogP contribution in [0.5, 0.6) is 0 Å². The van der Waals surface area contributed by atoms with Crippen LogP contribution in [-0.4, -0.2) is 23.9 Å². The number of aromatic nitrogens is 1. The Morgan fingerprint density at radius 2 is 2.23 bits per heavy atom. The number of nitrogens with zero attached hydrogens (tertiary/aromatic N) is 1. The van der Waals surface area contributed by atoms with Gasteiger partial charge in [0.05, 0.1) is 7.11 Å². The first-order valence-electron chi connectivity index (χ1n) is 3.81. The number of carbonyl (C=O) groups excluding carboxylic acids is 2. The molecule has 0 atom stereocenters. The fourth-order valence-corrected chi connectivity index (χ4v) is 1.14. The van der Waals surface area contributed by atoms with Gasteiger partial charge in [0.2, 0.25) is 0 Å². The van der Waals surface area contributed by atoms with E-state index in [1.54, 1.807) is 18.5 Å². The highest BCUT2D eigenvalue weighted by Gasteiger charge is 2.14. The average Bonchev–Trinajstić information content (AvgIpc) is 2.43. The molecule has 1 rings (SSSR count). The number of rotatable bonds is 2. The molecule has 70 valence electrons. The summed E-state index contributed by atoms with van der Waals surface area (Å²) in [5.41, 5.74) is 1.67. The van der Waals surface area contributed by atoms with E-state index in [-0.39, 0.29) is 0 Å². The van der Waals surface area contributed by atoms with Gasteiger partial charge < -0.3 is 9.30 Å². The lowest BCUT2D eigenvalue weighted by atomic mass is 10.3. The summed E-state index contributed by atoms with van der Waals surface area (Å²) < 4.78 is 6.19. The Labute approximate surface area is 76.1 Å². The lowest BCUT2D eigenvalue weighted by molar-refractivity contribution is 0.0589. The van der Waals surface area contributed by atoms with Crippen molar-refractivity contribution in [1.82, 2.24) is 4.57 Å². The third kappa shape index (κ3) is 1.47. The van der Waals surface area contributed by atoms with Crippen molar-refractivity contribution in [2.45, 2.75) is 6.92 Å². The van der Waals surface area contributed by atoms with Gasteiger partial charge in [-0.1, -0.05) is 0 Å². The molecule has 1 aromatic rings. The minimum Gasteiger partial charge on any atom is -0.464 e. The maximum atomic E-state index is 11.2. The van der Waals surface area contributed by atoms with Crippen LogP contribution < -0.4 is 0 Å². The van der Waals surface area contributed by atoms with Gasteiger partial charge in [0.1, 0.15) is 5.69 Å². The molecule has 0 saturated carbocycles. The zero-order chi connectivity index (χ0) is 10.0. The fraction of sp³-hybridized carbons (Fsp3) is 0.333.